The predicted molar refractivity (Wildman–Crippen MR) is 51.6 cm³/mol. The average molecular weight is 282 g/mol. The van der Waals surface area contributed by atoms with Crippen molar-refractivity contribution in [1.29, 1.82) is 0 Å². The summed E-state index contributed by atoms with van der Waals surface area (Å²) < 4.78 is 10.5. The number of hydrogen-bond acceptors (Lipinski definition) is 2. The zero-order valence-corrected chi connectivity index (χ0v) is 9.72. The molecule has 0 spiro atoms. The van der Waals surface area contributed by atoms with Crippen LogP contribution in [0.15, 0.2) is 0 Å². The standard InChI is InChI=1S/C5H8BrCl2O2P/c6-11-9-3-5(1-7,2-8)4-10-11/h1-4H2. The molecule has 1 saturated heterocycles. The number of halogens is 3. The van der Waals surface area contributed by atoms with Crippen LogP contribution in [0.3, 0.4) is 0 Å². The van der Waals surface area contributed by atoms with Crippen molar-refractivity contribution in [1.82, 2.24) is 0 Å². The smallest absolute Gasteiger partial charge is 0.246 e. The SMILES string of the molecule is ClCC1(CCl)COP(Br)OC1. The highest BCUT2D eigenvalue weighted by molar-refractivity contribution is 9.38. The van der Waals surface area contributed by atoms with Crippen LogP contribution >= 0.6 is 45.8 Å². The summed E-state index contributed by atoms with van der Waals surface area (Å²) in [6.07, 6.45) is 0. The summed E-state index contributed by atoms with van der Waals surface area (Å²) in [6.45, 7) is 1.16. The number of alkyl halides is 2. The van der Waals surface area contributed by atoms with Crippen LogP contribution in [0.4, 0.5) is 0 Å². The summed E-state index contributed by atoms with van der Waals surface area (Å²) in [5.74, 6) is 0.958. The topological polar surface area (TPSA) is 18.5 Å². The molecule has 1 aliphatic heterocycles. The van der Waals surface area contributed by atoms with E-state index in [1.54, 1.807) is 0 Å². The zero-order chi connectivity index (χ0) is 8.32. The highest BCUT2D eigenvalue weighted by Gasteiger charge is 2.35. The van der Waals surface area contributed by atoms with Gasteiger partial charge in [-0.1, -0.05) is 0 Å². The third-order valence-corrected chi connectivity index (χ3v) is 4.54. The molecule has 0 aromatic carbocycles. The van der Waals surface area contributed by atoms with Crippen LogP contribution in [0.1, 0.15) is 0 Å². The second-order valence-corrected chi connectivity index (χ2v) is 5.74. The van der Waals surface area contributed by atoms with Crippen molar-refractivity contribution in [2.45, 2.75) is 0 Å². The summed E-state index contributed by atoms with van der Waals surface area (Å²) in [5, 5.41) is 0. The lowest BCUT2D eigenvalue weighted by Gasteiger charge is -2.34. The molecule has 0 aromatic heterocycles. The third-order valence-electron chi connectivity index (χ3n) is 1.51. The molecule has 0 saturated carbocycles. The molecule has 0 amide bonds. The Hall–Kier alpha value is 1.41. The van der Waals surface area contributed by atoms with E-state index in [-0.39, 0.29) is 5.41 Å². The van der Waals surface area contributed by atoms with Crippen LogP contribution in [-0.2, 0) is 9.05 Å². The molecule has 0 unspecified atom stereocenters. The Bertz CT molecular complexity index is 124. The van der Waals surface area contributed by atoms with Gasteiger partial charge in [0.05, 0.1) is 13.2 Å². The highest BCUT2D eigenvalue weighted by atomic mass is 79.9. The summed E-state index contributed by atoms with van der Waals surface area (Å²) in [7, 11) is -0.866. The minimum Gasteiger partial charge on any atom is -0.325 e. The molecule has 0 radical (unpaired) electrons. The first-order valence-corrected chi connectivity index (χ1v) is 7.33. The zero-order valence-electron chi connectivity index (χ0n) is 5.73. The lowest BCUT2D eigenvalue weighted by atomic mass is 9.96. The van der Waals surface area contributed by atoms with Crippen molar-refractivity contribution < 1.29 is 9.05 Å². The second-order valence-electron chi connectivity index (χ2n) is 2.53. The Balaban J connectivity index is 2.45. The Morgan fingerprint density at radius 3 is 2.09 bits per heavy atom. The van der Waals surface area contributed by atoms with Crippen LogP contribution in [0, 0.1) is 5.41 Å². The monoisotopic (exact) mass is 280 g/mol. The van der Waals surface area contributed by atoms with Crippen molar-refractivity contribution in [2.24, 2.45) is 5.41 Å². The molecule has 1 fully saturated rings. The quantitative estimate of drug-likeness (QED) is 0.572. The first kappa shape index (κ1) is 10.5. The average Bonchev–Trinajstić information content (AvgIpc) is 2.07. The van der Waals surface area contributed by atoms with Crippen molar-refractivity contribution in [3.05, 3.63) is 0 Å². The first-order chi connectivity index (χ1) is 5.22. The Labute approximate surface area is 85.2 Å². The Kier molecular flexibility index (Phi) is 4.38. The van der Waals surface area contributed by atoms with Gasteiger partial charge in [0, 0.05) is 32.7 Å². The van der Waals surface area contributed by atoms with E-state index in [1.165, 1.54) is 0 Å². The van der Waals surface area contributed by atoms with Gasteiger partial charge in [-0.25, -0.2) is 0 Å². The van der Waals surface area contributed by atoms with Crippen molar-refractivity contribution in [3.8, 4) is 0 Å². The predicted octanol–water partition coefficient (Wildman–Crippen LogP) is 3.12. The maximum atomic E-state index is 5.73. The molecule has 66 valence electrons. The minimum atomic E-state index is -0.866. The van der Waals surface area contributed by atoms with E-state index in [9.17, 15) is 0 Å². The fourth-order valence-electron chi connectivity index (χ4n) is 0.644. The normalized spacial score (nSPS) is 25.4. The minimum absolute atomic E-state index is 0.185. The molecular formula is C5H8BrCl2O2P. The summed E-state index contributed by atoms with van der Waals surface area (Å²) in [4.78, 5) is 0. The van der Waals surface area contributed by atoms with Crippen molar-refractivity contribution in [2.75, 3.05) is 25.0 Å². The van der Waals surface area contributed by atoms with Crippen LogP contribution in [0.2, 0.25) is 0 Å². The van der Waals surface area contributed by atoms with Crippen molar-refractivity contribution >= 4 is 45.8 Å². The van der Waals surface area contributed by atoms with Gasteiger partial charge in [0.2, 0.25) is 7.08 Å². The van der Waals surface area contributed by atoms with Gasteiger partial charge in [-0.05, 0) is 0 Å². The Morgan fingerprint density at radius 1 is 1.27 bits per heavy atom. The van der Waals surface area contributed by atoms with Gasteiger partial charge in [-0.15, -0.1) is 23.2 Å². The Morgan fingerprint density at radius 2 is 1.73 bits per heavy atom. The van der Waals surface area contributed by atoms with Gasteiger partial charge in [0.25, 0.3) is 0 Å². The molecule has 0 bridgehead atoms. The molecule has 1 heterocycles. The first-order valence-electron chi connectivity index (χ1n) is 3.06. The van der Waals surface area contributed by atoms with Gasteiger partial charge in [0.15, 0.2) is 0 Å². The molecule has 0 N–H and O–H groups in total. The van der Waals surface area contributed by atoms with Crippen molar-refractivity contribution in [3.63, 3.8) is 0 Å². The van der Waals surface area contributed by atoms with Crippen LogP contribution in [0.5, 0.6) is 0 Å². The largest absolute Gasteiger partial charge is 0.325 e. The van der Waals surface area contributed by atoms with E-state index in [0.717, 1.165) is 0 Å². The summed E-state index contributed by atoms with van der Waals surface area (Å²) >= 11 is 14.7. The maximum absolute atomic E-state index is 5.73. The van der Waals surface area contributed by atoms with Gasteiger partial charge < -0.3 is 9.05 Å². The molecule has 1 aliphatic rings. The van der Waals surface area contributed by atoms with Crippen LogP contribution in [0.25, 0.3) is 0 Å². The summed E-state index contributed by atoms with van der Waals surface area (Å²) in [5.41, 5.74) is -0.185. The lowest BCUT2D eigenvalue weighted by Crippen LogP contribution is -2.37. The molecule has 11 heavy (non-hydrogen) atoms. The molecule has 0 aliphatic carbocycles. The van der Waals surface area contributed by atoms with E-state index in [1.807, 2.05) is 0 Å². The third kappa shape index (κ3) is 2.68. The maximum Gasteiger partial charge on any atom is 0.246 e. The summed E-state index contributed by atoms with van der Waals surface area (Å²) in [6, 6.07) is 0. The molecule has 2 nitrogen and oxygen atoms in total. The van der Waals surface area contributed by atoms with Gasteiger partial charge in [0.1, 0.15) is 0 Å². The van der Waals surface area contributed by atoms with E-state index >= 15 is 0 Å². The second kappa shape index (κ2) is 4.59. The van der Waals surface area contributed by atoms with E-state index in [0.29, 0.717) is 25.0 Å². The molecule has 1 rings (SSSR count). The molecule has 0 atom stereocenters. The van der Waals surface area contributed by atoms with Gasteiger partial charge in [-0.2, -0.15) is 0 Å². The van der Waals surface area contributed by atoms with E-state index in [2.05, 4.69) is 15.5 Å². The van der Waals surface area contributed by atoms with E-state index < -0.39 is 7.08 Å². The lowest BCUT2D eigenvalue weighted by molar-refractivity contribution is 0.0743. The van der Waals surface area contributed by atoms with E-state index in [4.69, 9.17) is 32.2 Å². The molecule has 6 heteroatoms. The number of hydrogen-bond donors (Lipinski definition) is 0. The molecular weight excluding hydrogens is 274 g/mol. The van der Waals surface area contributed by atoms with Gasteiger partial charge in [-0.3, -0.25) is 0 Å². The van der Waals surface area contributed by atoms with Gasteiger partial charge >= 0.3 is 0 Å². The number of rotatable bonds is 2. The fourth-order valence-corrected chi connectivity index (χ4v) is 2.68. The van der Waals surface area contributed by atoms with Crippen LogP contribution < -0.4 is 0 Å². The highest BCUT2D eigenvalue weighted by Crippen LogP contribution is 2.52. The molecule has 0 aromatic rings. The fraction of sp³-hybridized carbons (Fsp3) is 1.00. The van der Waals surface area contributed by atoms with Crippen LogP contribution in [-0.4, -0.2) is 25.0 Å².